The topological polar surface area (TPSA) is 55.9 Å². The molecule has 2 aromatic carbocycles. The maximum Gasteiger partial charge on any atom is 0.207 e. The van der Waals surface area contributed by atoms with Crippen molar-refractivity contribution in [2.45, 2.75) is 42.8 Å². The van der Waals surface area contributed by atoms with Gasteiger partial charge in [-0.1, -0.05) is 48.0 Å². The lowest BCUT2D eigenvalue weighted by Crippen LogP contribution is -2.12. The van der Waals surface area contributed by atoms with Crippen molar-refractivity contribution in [3.63, 3.8) is 0 Å². The van der Waals surface area contributed by atoms with Crippen molar-refractivity contribution in [1.29, 1.82) is 0 Å². The van der Waals surface area contributed by atoms with Gasteiger partial charge >= 0.3 is 0 Å². The number of sulfone groups is 1. The Balaban J connectivity index is 1.40. The van der Waals surface area contributed by atoms with Crippen molar-refractivity contribution in [2.75, 3.05) is 6.61 Å². The van der Waals surface area contributed by atoms with E-state index in [0.717, 1.165) is 17.5 Å². The first-order valence-corrected chi connectivity index (χ1v) is 9.70. The first-order chi connectivity index (χ1) is 11.6. The molecule has 1 aliphatic rings. The molecule has 4 nitrogen and oxygen atoms in total. The molecule has 1 heterocycles. The lowest BCUT2D eigenvalue weighted by atomic mass is 10.2. The maximum atomic E-state index is 12.4. The molecule has 3 rings (SSSR count). The highest BCUT2D eigenvalue weighted by atomic mass is 32.2. The van der Waals surface area contributed by atoms with Crippen LogP contribution in [-0.2, 0) is 25.9 Å². The number of benzene rings is 2. The van der Waals surface area contributed by atoms with Crippen molar-refractivity contribution < 1.29 is 17.9 Å². The molecule has 2 aromatic rings. The number of aryl methyl sites for hydroxylation is 1. The highest BCUT2D eigenvalue weighted by molar-refractivity contribution is 7.92. The Morgan fingerprint density at radius 1 is 1.04 bits per heavy atom. The van der Waals surface area contributed by atoms with Gasteiger partial charge < -0.3 is 9.47 Å². The summed E-state index contributed by atoms with van der Waals surface area (Å²) in [7, 11) is -3.38. The van der Waals surface area contributed by atoms with E-state index in [4.69, 9.17) is 9.47 Å². The van der Waals surface area contributed by atoms with E-state index in [0.29, 0.717) is 24.5 Å². The average Bonchev–Trinajstić information content (AvgIpc) is 3.36. The summed E-state index contributed by atoms with van der Waals surface area (Å²) < 4.78 is 35.9. The smallest absolute Gasteiger partial charge is 0.207 e. The summed E-state index contributed by atoms with van der Waals surface area (Å²) in [5.74, 6) is 0. The predicted molar refractivity (Wildman–Crippen MR) is 92.4 cm³/mol. The number of ether oxygens (including phenoxy) is 2. The second-order valence-electron chi connectivity index (χ2n) is 6.08. The molecule has 0 bridgehead atoms. The Bertz CT molecular complexity index is 754. The monoisotopic (exact) mass is 346 g/mol. The van der Waals surface area contributed by atoms with E-state index in [1.807, 2.05) is 49.4 Å². The van der Waals surface area contributed by atoms with E-state index in [-0.39, 0.29) is 6.10 Å². The molecule has 0 spiro atoms. The van der Waals surface area contributed by atoms with Crippen LogP contribution in [0.3, 0.4) is 0 Å². The van der Waals surface area contributed by atoms with Crippen LogP contribution in [0.2, 0.25) is 0 Å². The Labute approximate surface area is 143 Å². The number of rotatable bonds is 8. The van der Waals surface area contributed by atoms with Gasteiger partial charge in [-0.05, 0) is 37.5 Å². The molecule has 2 unspecified atom stereocenters. The minimum Gasteiger partial charge on any atom is -0.377 e. The number of epoxide rings is 1. The summed E-state index contributed by atoms with van der Waals surface area (Å²) in [5, 5.41) is 0. The number of hydrogen-bond acceptors (Lipinski definition) is 4. The molecule has 1 fully saturated rings. The molecule has 1 saturated heterocycles. The summed E-state index contributed by atoms with van der Waals surface area (Å²) in [5.41, 5.74) is 1.48. The second-order valence-corrected chi connectivity index (χ2v) is 8.11. The number of hydrogen-bond donors (Lipinski definition) is 0. The quantitative estimate of drug-likeness (QED) is 0.542. The summed E-state index contributed by atoms with van der Waals surface area (Å²) in [4.78, 5) is 0.334. The SMILES string of the molecule is Cc1ccc(S(=O)(=O)C2OC2CCCOCc2ccccc2)cc1. The normalized spacial score (nSPS) is 20.0. The molecule has 0 radical (unpaired) electrons. The van der Waals surface area contributed by atoms with Crippen LogP contribution in [0.4, 0.5) is 0 Å². The van der Waals surface area contributed by atoms with Crippen molar-refractivity contribution in [3.05, 3.63) is 65.7 Å². The van der Waals surface area contributed by atoms with Gasteiger partial charge in [-0.2, -0.15) is 0 Å². The van der Waals surface area contributed by atoms with Crippen LogP contribution in [0.15, 0.2) is 59.5 Å². The summed E-state index contributed by atoms with van der Waals surface area (Å²) in [6.45, 7) is 3.12. The third kappa shape index (κ3) is 4.23. The standard InChI is InChI=1S/C19H22O4S/c1-15-9-11-17(12-10-15)24(20,21)19-18(23-19)8-5-13-22-14-16-6-3-2-4-7-16/h2-4,6-7,9-12,18-19H,5,8,13-14H2,1H3. The zero-order chi connectivity index (χ0) is 17.0. The molecule has 0 N–H and O–H groups in total. The fourth-order valence-electron chi connectivity index (χ4n) is 2.62. The van der Waals surface area contributed by atoms with Crippen molar-refractivity contribution in [3.8, 4) is 0 Å². The zero-order valence-corrected chi connectivity index (χ0v) is 14.5. The van der Waals surface area contributed by atoms with Crippen LogP contribution in [-0.4, -0.2) is 26.6 Å². The van der Waals surface area contributed by atoms with Crippen LogP contribution in [0, 0.1) is 6.92 Å². The molecule has 0 aromatic heterocycles. The van der Waals surface area contributed by atoms with E-state index < -0.39 is 15.3 Å². The maximum absolute atomic E-state index is 12.4. The largest absolute Gasteiger partial charge is 0.377 e. The van der Waals surface area contributed by atoms with Crippen molar-refractivity contribution in [2.24, 2.45) is 0 Å². The summed E-state index contributed by atoms with van der Waals surface area (Å²) >= 11 is 0. The Morgan fingerprint density at radius 2 is 1.75 bits per heavy atom. The minimum absolute atomic E-state index is 0.211. The molecule has 0 saturated carbocycles. The third-order valence-electron chi connectivity index (χ3n) is 4.08. The van der Waals surface area contributed by atoms with Crippen molar-refractivity contribution >= 4 is 9.84 Å². The first kappa shape index (κ1) is 17.1. The summed E-state index contributed by atoms with van der Waals surface area (Å²) in [6, 6.07) is 16.9. The zero-order valence-electron chi connectivity index (χ0n) is 13.7. The lowest BCUT2D eigenvalue weighted by molar-refractivity contribution is 0.115. The van der Waals surface area contributed by atoms with Gasteiger partial charge in [0.25, 0.3) is 0 Å². The van der Waals surface area contributed by atoms with Gasteiger partial charge in [0.2, 0.25) is 9.84 Å². The van der Waals surface area contributed by atoms with Crippen LogP contribution in [0.25, 0.3) is 0 Å². The van der Waals surface area contributed by atoms with Crippen LogP contribution >= 0.6 is 0 Å². The molecule has 2 atom stereocenters. The average molecular weight is 346 g/mol. The fourth-order valence-corrected chi connectivity index (χ4v) is 4.23. The van der Waals surface area contributed by atoms with Crippen LogP contribution in [0.1, 0.15) is 24.0 Å². The van der Waals surface area contributed by atoms with E-state index >= 15 is 0 Å². The van der Waals surface area contributed by atoms with Gasteiger partial charge in [0, 0.05) is 6.61 Å². The molecule has 128 valence electrons. The molecule has 0 amide bonds. The molecular formula is C19H22O4S. The predicted octanol–water partition coefficient (Wildman–Crippen LogP) is 3.49. The fraction of sp³-hybridized carbons (Fsp3) is 0.368. The third-order valence-corrected chi connectivity index (χ3v) is 6.04. The van der Waals surface area contributed by atoms with Gasteiger partial charge in [-0.25, -0.2) is 8.42 Å². The van der Waals surface area contributed by atoms with Gasteiger partial charge in [-0.3, -0.25) is 0 Å². The molecular weight excluding hydrogens is 324 g/mol. The van der Waals surface area contributed by atoms with E-state index in [1.165, 1.54) is 0 Å². The van der Waals surface area contributed by atoms with Crippen molar-refractivity contribution in [1.82, 2.24) is 0 Å². The van der Waals surface area contributed by atoms with Gasteiger partial charge in [0.15, 0.2) is 5.44 Å². The first-order valence-electron chi connectivity index (χ1n) is 8.15. The molecule has 5 heteroatoms. The van der Waals surface area contributed by atoms with Gasteiger partial charge in [0.05, 0.1) is 11.5 Å². The molecule has 0 aliphatic carbocycles. The van der Waals surface area contributed by atoms with E-state index in [1.54, 1.807) is 12.1 Å². The molecule has 24 heavy (non-hydrogen) atoms. The Hall–Kier alpha value is -1.69. The second kappa shape index (κ2) is 7.47. The minimum atomic E-state index is -3.38. The lowest BCUT2D eigenvalue weighted by Gasteiger charge is -2.04. The van der Waals surface area contributed by atoms with E-state index in [2.05, 4.69) is 0 Å². The van der Waals surface area contributed by atoms with Crippen LogP contribution < -0.4 is 0 Å². The highest BCUT2D eigenvalue weighted by Gasteiger charge is 2.49. The van der Waals surface area contributed by atoms with Crippen LogP contribution in [0.5, 0.6) is 0 Å². The molecule has 1 aliphatic heterocycles. The van der Waals surface area contributed by atoms with Gasteiger partial charge in [0.1, 0.15) is 6.10 Å². The Morgan fingerprint density at radius 3 is 2.46 bits per heavy atom. The Kier molecular flexibility index (Phi) is 5.33. The summed E-state index contributed by atoms with van der Waals surface area (Å²) in [6.07, 6.45) is 1.28. The van der Waals surface area contributed by atoms with Gasteiger partial charge in [-0.15, -0.1) is 0 Å². The van der Waals surface area contributed by atoms with E-state index in [9.17, 15) is 8.42 Å². The highest BCUT2D eigenvalue weighted by Crippen LogP contribution is 2.35.